The molecule has 158 valence electrons. The number of nitrogens with zero attached hydrogens (tertiary/aromatic N) is 3. The van der Waals surface area contributed by atoms with Crippen LogP contribution < -0.4 is 4.72 Å². The van der Waals surface area contributed by atoms with Crippen molar-refractivity contribution in [2.45, 2.75) is 31.2 Å². The number of amides is 1. The molecular formula is C19H19FN4O4S2. The van der Waals surface area contributed by atoms with Gasteiger partial charge in [-0.25, -0.2) is 17.5 Å². The van der Waals surface area contributed by atoms with E-state index in [-0.39, 0.29) is 34.9 Å². The van der Waals surface area contributed by atoms with Gasteiger partial charge in [-0.15, -0.1) is 11.3 Å². The summed E-state index contributed by atoms with van der Waals surface area (Å²) in [5, 5.41) is 3.84. The smallest absolute Gasteiger partial charge is 0.316 e. The molecule has 0 bridgehead atoms. The van der Waals surface area contributed by atoms with Crippen molar-refractivity contribution in [1.82, 2.24) is 19.8 Å². The van der Waals surface area contributed by atoms with Gasteiger partial charge in [0.05, 0.1) is 9.77 Å². The number of likely N-dealkylation sites (tertiary alicyclic amines) is 1. The predicted molar refractivity (Wildman–Crippen MR) is 108 cm³/mol. The molecule has 3 aromatic rings. The minimum Gasteiger partial charge on any atom is -0.334 e. The molecule has 0 spiro atoms. The van der Waals surface area contributed by atoms with E-state index < -0.39 is 10.0 Å². The number of carbonyl (C=O) groups is 1. The Kier molecular flexibility index (Phi) is 5.67. The number of hydrogen-bond acceptors (Lipinski definition) is 7. The van der Waals surface area contributed by atoms with E-state index in [1.54, 1.807) is 11.8 Å². The molecule has 30 heavy (non-hydrogen) atoms. The fraction of sp³-hybridized carbons (Fsp3) is 0.316. The summed E-state index contributed by atoms with van der Waals surface area (Å²) in [4.78, 5) is 19.3. The lowest BCUT2D eigenvalue weighted by Gasteiger charge is -2.10. The molecule has 0 saturated carbocycles. The zero-order valence-corrected chi connectivity index (χ0v) is 17.7. The average molecular weight is 451 g/mol. The van der Waals surface area contributed by atoms with Crippen molar-refractivity contribution >= 4 is 27.3 Å². The number of benzene rings is 1. The molecule has 0 aliphatic carbocycles. The molecule has 0 radical (unpaired) electrons. The second-order valence-corrected chi connectivity index (χ2v) is 9.90. The molecule has 0 unspecified atom stereocenters. The summed E-state index contributed by atoms with van der Waals surface area (Å²) >= 11 is 1.20. The highest BCUT2D eigenvalue weighted by Gasteiger charge is 2.27. The van der Waals surface area contributed by atoms with Gasteiger partial charge in [-0.3, -0.25) is 4.79 Å². The summed E-state index contributed by atoms with van der Waals surface area (Å²) in [5.74, 6) is -0.626. The SMILES string of the molecule is Cc1sc(-c2noc(C(=O)N3CCCC3)n2)cc1S(=O)(=O)NCc1ccc(F)cc1. The van der Waals surface area contributed by atoms with Gasteiger partial charge in [-0.2, -0.15) is 4.98 Å². The van der Waals surface area contributed by atoms with Crippen LogP contribution in [0.1, 0.15) is 34.0 Å². The van der Waals surface area contributed by atoms with Crippen molar-refractivity contribution in [1.29, 1.82) is 0 Å². The van der Waals surface area contributed by atoms with E-state index in [2.05, 4.69) is 14.9 Å². The topological polar surface area (TPSA) is 105 Å². The van der Waals surface area contributed by atoms with Gasteiger partial charge in [-0.1, -0.05) is 17.3 Å². The first-order valence-corrected chi connectivity index (χ1v) is 11.6. The number of thiophene rings is 1. The minimum absolute atomic E-state index is 0.0317. The molecule has 0 atom stereocenters. The Morgan fingerprint density at radius 3 is 2.67 bits per heavy atom. The predicted octanol–water partition coefficient (Wildman–Crippen LogP) is 2.96. The summed E-state index contributed by atoms with van der Waals surface area (Å²) in [7, 11) is -3.80. The lowest BCUT2D eigenvalue weighted by Crippen LogP contribution is -2.27. The van der Waals surface area contributed by atoms with Crippen molar-refractivity contribution < 1.29 is 22.1 Å². The first-order valence-electron chi connectivity index (χ1n) is 9.31. The van der Waals surface area contributed by atoms with Crippen LogP contribution >= 0.6 is 11.3 Å². The fourth-order valence-corrected chi connectivity index (χ4v) is 5.70. The summed E-state index contributed by atoms with van der Waals surface area (Å²) in [6.45, 7) is 3.04. The first-order chi connectivity index (χ1) is 14.3. The quantitative estimate of drug-likeness (QED) is 0.619. The number of rotatable bonds is 6. The summed E-state index contributed by atoms with van der Waals surface area (Å²) in [6, 6.07) is 7.04. The van der Waals surface area contributed by atoms with Crippen LogP contribution in [0.5, 0.6) is 0 Å². The largest absolute Gasteiger partial charge is 0.334 e. The Balaban J connectivity index is 1.51. The summed E-state index contributed by atoms with van der Waals surface area (Å²) in [5.41, 5.74) is 0.635. The van der Waals surface area contributed by atoms with E-state index >= 15 is 0 Å². The van der Waals surface area contributed by atoms with Gasteiger partial charge < -0.3 is 9.42 Å². The maximum Gasteiger partial charge on any atom is 0.316 e. The fourth-order valence-electron chi connectivity index (χ4n) is 3.17. The molecule has 1 aliphatic heterocycles. The van der Waals surface area contributed by atoms with Gasteiger partial charge in [0, 0.05) is 24.5 Å². The van der Waals surface area contributed by atoms with Crippen LogP contribution in [-0.4, -0.2) is 42.5 Å². The summed E-state index contributed by atoms with van der Waals surface area (Å²) in [6.07, 6.45) is 1.89. The van der Waals surface area contributed by atoms with Crippen LogP contribution in [0.4, 0.5) is 4.39 Å². The van der Waals surface area contributed by atoms with Gasteiger partial charge >= 0.3 is 11.8 Å². The van der Waals surface area contributed by atoms with E-state index in [4.69, 9.17) is 4.52 Å². The van der Waals surface area contributed by atoms with Gasteiger partial charge in [-0.05, 0) is 43.5 Å². The highest BCUT2D eigenvalue weighted by molar-refractivity contribution is 7.89. The van der Waals surface area contributed by atoms with Crippen LogP contribution in [-0.2, 0) is 16.6 Å². The molecule has 1 fully saturated rings. The average Bonchev–Trinajstić information content (AvgIpc) is 3.47. The Labute approximate surface area is 176 Å². The molecule has 1 amide bonds. The monoisotopic (exact) mass is 450 g/mol. The van der Waals surface area contributed by atoms with Gasteiger partial charge in [0.15, 0.2) is 0 Å². The van der Waals surface area contributed by atoms with Crippen LogP contribution in [0, 0.1) is 12.7 Å². The molecule has 3 heterocycles. The Bertz CT molecular complexity index is 1170. The van der Waals surface area contributed by atoms with Crippen molar-refractivity contribution in [2.75, 3.05) is 13.1 Å². The van der Waals surface area contributed by atoms with E-state index in [0.717, 1.165) is 12.8 Å². The van der Waals surface area contributed by atoms with Crippen LogP contribution in [0.15, 0.2) is 39.8 Å². The third-order valence-electron chi connectivity index (χ3n) is 4.76. The normalized spacial score (nSPS) is 14.4. The third kappa shape index (κ3) is 4.27. The number of sulfonamides is 1. The van der Waals surface area contributed by atoms with E-state index in [1.807, 2.05) is 0 Å². The number of aromatic nitrogens is 2. The maximum atomic E-state index is 13.0. The second kappa shape index (κ2) is 8.25. The minimum atomic E-state index is -3.80. The molecule has 1 aliphatic rings. The van der Waals surface area contributed by atoms with Crippen LogP contribution in [0.3, 0.4) is 0 Å². The highest BCUT2D eigenvalue weighted by Crippen LogP contribution is 2.32. The number of hydrogen-bond donors (Lipinski definition) is 1. The molecule has 1 N–H and O–H groups in total. The Morgan fingerprint density at radius 2 is 1.97 bits per heavy atom. The molecule has 11 heteroatoms. The van der Waals surface area contributed by atoms with E-state index in [9.17, 15) is 17.6 Å². The van der Waals surface area contributed by atoms with Crippen molar-refractivity contribution in [3.8, 4) is 10.7 Å². The van der Waals surface area contributed by atoms with Gasteiger partial charge in [0.25, 0.3) is 0 Å². The zero-order valence-electron chi connectivity index (χ0n) is 16.1. The number of aryl methyl sites for hydroxylation is 1. The standard InChI is InChI=1S/C19H19FN4O4S2/c1-12-16(30(26,27)21-11-13-4-6-14(20)7-5-13)10-15(29-12)17-22-18(28-23-17)19(25)24-8-2-3-9-24/h4-7,10,21H,2-3,8-9,11H2,1H3. The van der Waals surface area contributed by atoms with Crippen molar-refractivity contribution in [3.05, 3.63) is 52.5 Å². The van der Waals surface area contributed by atoms with Crippen LogP contribution in [0.25, 0.3) is 10.7 Å². The molecule has 8 nitrogen and oxygen atoms in total. The highest BCUT2D eigenvalue weighted by atomic mass is 32.2. The second-order valence-electron chi connectivity index (χ2n) is 6.90. The molecule has 1 saturated heterocycles. The molecular weight excluding hydrogens is 431 g/mol. The molecule has 2 aromatic heterocycles. The molecule has 1 aromatic carbocycles. The maximum absolute atomic E-state index is 13.0. The lowest BCUT2D eigenvalue weighted by molar-refractivity contribution is 0.0743. The van der Waals surface area contributed by atoms with Crippen LogP contribution in [0.2, 0.25) is 0 Å². The van der Waals surface area contributed by atoms with Gasteiger partial charge in [0.1, 0.15) is 5.82 Å². The first kappa shape index (κ1) is 20.6. The van der Waals surface area contributed by atoms with Gasteiger partial charge in [0.2, 0.25) is 15.8 Å². The number of nitrogens with one attached hydrogen (secondary N) is 1. The number of halogens is 1. The summed E-state index contributed by atoms with van der Waals surface area (Å²) < 4.78 is 46.1. The Hall–Kier alpha value is -2.63. The Morgan fingerprint density at radius 1 is 1.27 bits per heavy atom. The van der Waals surface area contributed by atoms with E-state index in [0.29, 0.717) is 28.4 Å². The van der Waals surface area contributed by atoms with Crippen molar-refractivity contribution in [2.24, 2.45) is 0 Å². The zero-order chi connectivity index (χ0) is 21.3. The lowest BCUT2D eigenvalue weighted by atomic mass is 10.2. The van der Waals surface area contributed by atoms with Crippen molar-refractivity contribution in [3.63, 3.8) is 0 Å². The third-order valence-corrected chi connectivity index (χ3v) is 7.47. The number of carbonyl (C=O) groups excluding carboxylic acids is 1. The molecule has 4 rings (SSSR count). The van der Waals surface area contributed by atoms with E-state index in [1.165, 1.54) is 41.7 Å².